The van der Waals surface area contributed by atoms with Crippen LogP contribution in [0.15, 0.2) is 49.1 Å². The Hall–Kier alpha value is -1.04. The van der Waals surface area contributed by atoms with Crippen molar-refractivity contribution in [3.05, 3.63) is 49.1 Å². The summed E-state index contributed by atoms with van der Waals surface area (Å²) in [7, 11) is 0. The van der Waals surface area contributed by atoms with E-state index in [0.717, 1.165) is 53.8 Å². The molecule has 1 saturated carbocycles. The monoisotopic (exact) mass is 571 g/mol. The Morgan fingerprint density at radius 2 is 1.29 bits per heavy atom. The standard InChI is InChI=1S/C26H48.C11H20.C4H10/c1-9-14-23(18-19(3)4)16-12-11-13-17-24(15-10-2)21(7)26-22(8)25(26)20(5)6;1-5-7-11(4)9-6-8-10(2)3;1-4(2)3/h20-21,23-26H,3,8-18H2,1-2,4-7H3;5,11H,1-2,6-9H2,3-4H3;4H,1-3H3. The van der Waals surface area contributed by atoms with E-state index in [2.05, 4.69) is 102 Å². The van der Waals surface area contributed by atoms with Gasteiger partial charge in [0.05, 0.1) is 0 Å². The zero-order valence-electron chi connectivity index (χ0n) is 30.4. The Bertz CT molecular complexity index is 673. The molecule has 0 nitrogen and oxygen atoms in total. The highest BCUT2D eigenvalue weighted by molar-refractivity contribution is 5.28. The number of allylic oxidation sites excluding steroid dienone is 4. The van der Waals surface area contributed by atoms with Crippen molar-refractivity contribution in [3.8, 4) is 0 Å². The van der Waals surface area contributed by atoms with Gasteiger partial charge in [0.2, 0.25) is 0 Å². The zero-order chi connectivity index (χ0) is 32.0. The first kappa shape index (κ1) is 42.1. The maximum atomic E-state index is 4.38. The third-order valence-electron chi connectivity index (χ3n) is 8.71. The van der Waals surface area contributed by atoms with E-state index < -0.39 is 0 Å². The second kappa shape index (κ2) is 25.5. The van der Waals surface area contributed by atoms with E-state index >= 15 is 0 Å². The van der Waals surface area contributed by atoms with Crippen molar-refractivity contribution in [2.45, 2.75) is 166 Å². The van der Waals surface area contributed by atoms with Crippen molar-refractivity contribution in [2.24, 2.45) is 47.3 Å². The van der Waals surface area contributed by atoms with Crippen LogP contribution in [0, 0.1) is 47.3 Å². The minimum Gasteiger partial charge on any atom is -0.103 e. The lowest BCUT2D eigenvalue weighted by molar-refractivity contribution is 0.258. The van der Waals surface area contributed by atoms with Crippen LogP contribution in [0.5, 0.6) is 0 Å². The van der Waals surface area contributed by atoms with E-state index in [0.29, 0.717) is 0 Å². The van der Waals surface area contributed by atoms with Crippen LogP contribution in [0.4, 0.5) is 0 Å². The van der Waals surface area contributed by atoms with Crippen LogP contribution in [0.25, 0.3) is 0 Å². The molecule has 1 aliphatic carbocycles. The molecule has 0 N–H and O–H groups in total. The molecule has 0 saturated heterocycles. The summed E-state index contributed by atoms with van der Waals surface area (Å²) in [6.45, 7) is 41.1. The van der Waals surface area contributed by atoms with Gasteiger partial charge in [0.15, 0.2) is 0 Å². The van der Waals surface area contributed by atoms with E-state index in [1.807, 2.05) is 6.08 Å². The minimum atomic E-state index is 0.779. The normalized spacial score (nSPS) is 18.9. The summed E-state index contributed by atoms with van der Waals surface area (Å²) < 4.78 is 0. The van der Waals surface area contributed by atoms with Gasteiger partial charge < -0.3 is 0 Å². The summed E-state index contributed by atoms with van der Waals surface area (Å²) in [6.07, 6.45) is 20.7. The fourth-order valence-electron chi connectivity index (χ4n) is 6.62. The van der Waals surface area contributed by atoms with Gasteiger partial charge in [-0.1, -0.05) is 156 Å². The summed E-state index contributed by atoms with van der Waals surface area (Å²) in [5.74, 6) is 6.66. The molecule has 41 heavy (non-hydrogen) atoms. The Balaban J connectivity index is 0. The number of hydrogen-bond donors (Lipinski definition) is 0. The van der Waals surface area contributed by atoms with E-state index in [4.69, 9.17) is 0 Å². The van der Waals surface area contributed by atoms with Crippen molar-refractivity contribution in [2.75, 3.05) is 0 Å². The predicted octanol–water partition coefficient (Wildman–Crippen LogP) is 14.4. The SMILES string of the molecule is C=C(C)CC(CCC)CCCCCC(CCC)C(C)C1C(=C)C1C(C)C.C=CCC(C)CCCC(=C)C.CC(C)C. The van der Waals surface area contributed by atoms with Crippen LogP contribution < -0.4 is 0 Å². The van der Waals surface area contributed by atoms with Crippen molar-refractivity contribution in [1.82, 2.24) is 0 Å². The summed E-state index contributed by atoms with van der Waals surface area (Å²) >= 11 is 0. The second-order valence-electron chi connectivity index (χ2n) is 14.9. The highest BCUT2D eigenvalue weighted by Gasteiger charge is 2.48. The van der Waals surface area contributed by atoms with Crippen molar-refractivity contribution in [1.29, 1.82) is 0 Å². The molecular weight excluding hydrogens is 492 g/mol. The molecule has 1 fully saturated rings. The van der Waals surface area contributed by atoms with Crippen molar-refractivity contribution >= 4 is 0 Å². The second-order valence-corrected chi connectivity index (χ2v) is 14.9. The maximum Gasteiger partial charge on any atom is -0.0106 e. The van der Waals surface area contributed by atoms with Gasteiger partial charge in [0, 0.05) is 0 Å². The fraction of sp³-hybridized carbons (Fsp3) is 0.805. The first-order valence-electron chi connectivity index (χ1n) is 17.8. The molecule has 0 heteroatoms. The summed E-state index contributed by atoms with van der Waals surface area (Å²) in [5.41, 5.74) is 4.22. The summed E-state index contributed by atoms with van der Waals surface area (Å²) in [4.78, 5) is 0. The minimum absolute atomic E-state index is 0.779. The topological polar surface area (TPSA) is 0 Å². The van der Waals surface area contributed by atoms with E-state index in [9.17, 15) is 0 Å². The number of hydrogen-bond acceptors (Lipinski definition) is 0. The third kappa shape index (κ3) is 23.1. The van der Waals surface area contributed by atoms with Crippen LogP contribution >= 0.6 is 0 Å². The molecule has 0 spiro atoms. The lowest BCUT2D eigenvalue weighted by Gasteiger charge is -2.24. The molecular formula is C41H78. The van der Waals surface area contributed by atoms with Gasteiger partial charge in [-0.15, -0.1) is 19.7 Å². The largest absolute Gasteiger partial charge is 0.103 e. The first-order chi connectivity index (χ1) is 19.2. The van der Waals surface area contributed by atoms with Crippen LogP contribution in [-0.4, -0.2) is 0 Å². The van der Waals surface area contributed by atoms with Crippen LogP contribution in [0.1, 0.15) is 166 Å². The van der Waals surface area contributed by atoms with Gasteiger partial charge in [-0.05, 0) is 86.9 Å². The quantitative estimate of drug-likeness (QED) is 0.0950. The van der Waals surface area contributed by atoms with Crippen molar-refractivity contribution < 1.29 is 0 Å². The number of unbranched alkanes of at least 4 members (excludes halogenated alkanes) is 2. The molecule has 0 aromatic rings. The molecule has 0 radical (unpaired) electrons. The molecule has 6 atom stereocenters. The Morgan fingerprint density at radius 1 is 0.732 bits per heavy atom. The summed E-state index contributed by atoms with van der Waals surface area (Å²) in [5, 5.41) is 0. The fourth-order valence-corrected chi connectivity index (χ4v) is 6.62. The average molecular weight is 571 g/mol. The Morgan fingerprint density at radius 3 is 1.73 bits per heavy atom. The van der Waals surface area contributed by atoms with Gasteiger partial charge in [-0.25, -0.2) is 0 Å². The molecule has 0 amide bonds. The highest BCUT2D eigenvalue weighted by Crippen LogP contribution is 2.56. The van der Waals surface area contributed by atoms with Crippen molar-refractivity contribution in [3.63, 3.8) is 0 Å². The molecule has 0 heterocycles. The summed E-state index contributed by atoms with van der Waals surface area (Å²) in [6, 6.07) is 0. The Kier molecular flexibility index (Phi) is 26.1. The molecule has 242 valence electrons. The van der Waals surface area contributed by atoms with Crippen LogP contribution in [0.3, 0.4) is 0 Å². The highest BCUT2D eigenvalue weighted by atomic mass is 14.5. The smallest absolute Gasteiger partial charge is 0.0106 e. The third-order valence-corrected chi connectivity index (χ3v) is 8.71. The lowest BCUT2D eigenvalue weighted by Crippen LogP contribution is -2.16. The first-order valence-corrected chi connectivity index (χ1v) is 17.8. The van der Waals surface area contributed by atoms with Gasteiger partial charge in [-0.2, -0.15) is 0 Å². The Labute approximate surface area is 262 Å². The van der Waals surface area contributed by atoms with Crippen LogP contribution in [0.2, 0.25) is 0 Å². The van der Waals surface area contributed by atoms with Gasteiger partial charge in [0.1, 0.15) is 0 Å². The molecule has 0 aromatic carbocycles. The van der Waals surface area contributed by atoms with E-state index in [1.165, 1.54) is 94.6 Å². The molecule has 1 rings (SSSR count). The number of rotatable bonds is 21. The van der Waals surface area contributed by atoms with E-state index in [1.54, 1.807) is 5.57 Å². The average Bonchev–Trinajstić information content (AvgIpc) is 3.53. The molecule has 0 bridgehead atoms. The van der Waals surface area contributed by atoms with Gasteiger partial charge in [-0.3, -0.25) is 0 Å². The van der Waals surface area contributed by atoms with Crippen LogP contribution in [-0.2, 0) is 0 Å². The van der Waals surface area contributed by atoms with Gasteiger partial charge >= 0.3 is 0 Å². The molecule has 0 aliphatic heterocycles. The maximum absolute atomic E-state index is 4.38. The molecule has 1 aliphatic rings. The zero-order valence-corrected chi connectivity index (χ0v) is 30.4. The molecule has 6 unspecified atom stereocenters. The predicted molar refractivity (Wildman–Crippen MR) is 193 cm³/mol. The van der Waals surface area contributed by atoms with Gasteiger partial charge in [0.25, 0.3) is 0 Å². The molecule has 0 aromatic heterocycles. The lowest BCUT2D eigenvalue weighted by atomic mass is 9.81. The van der Waals surface area contributed by atoms with E-state index in [-0.39, 0.29) is 0 Å².